The van der Waals surface area contributed by atoms with Crippen molar-refractivity contribution in [1.29, 1.82) is 0 Å². The van der Waals surface area contributed by atoms with Gasteiger partial charge in [-0.3, -0.25) is 4.90 Å². The van der Waals surface area contributed by atoms with Crippen LogP contribution in [-0.2, 0) is 14.2 Å². The monoisotopic (exact) mass is 622 g/mol. The van der Waals surface area contributed by atoms with Gasteiger partial charge in [0.2, 0.25) is 0 Å². The first-order valence-corrected chi connectivity index (χ1v) is 15.4. The first kappa shape index (κ1) is 32.5. The topological polar surface area (TPSA) is 176 Å². The molecule has 0 spiro atoms. The summed E-state index contributed by atoms with van der Waals surface area (Å²) in [5, 5.41) is 72.1. The number of anilines is 1. The van der Waals surface area contributed by atoms with E-state index in [1.165, 1.54) is 16.0 Å². The number of ether oxygens (including phenoxy) is 3. The number of aliphatic hydroxyl groups excluding tert-OH is 7. The van der Waals surface area contributed by atoms with Gasteiger partial charge in [0.05, 0.1) is 18.9 Å². The van der Waals surface area contributed by atoms with E-state index in [1.54, 1.807) is 11.8 Å². The van der Waals surface area contributed by atoms with Crippen LogP contribution in [0.15, 0.2) is 52.3 Å². The molecule has 12 nitrogen and oxygen atoms in total. The van der Waals surface area contributed by atoms with Crippen LogP contribution >= 0.6 is 11.8 Å². The van der Waals surface area contributed by atoms with Crippen molar-refractivity contribution >= 4 is 17.4 Å². The summed E-state index contributed by atoms with van der Waals surface area (Å²) in [5.74, 6) is 0. The SMILES string of the molecule is Cc1ccc(Sc2ccccc2N2CCN(C3OC(CO)C(OC4OC(CO)C(O)C(O)C4O)C(O)C3O)CC2)c(C)c1. The van der Waals surface area contributed by atoms with E-state index in [9.17, 15) is 35.7 Å². The van der Waals surface area contributed by atoms with Gasteiger partial charge in [-0.2, -0.15) is 0 Å². The molecule has 13 heteroatoms. The number of benzene rings is 2. The van der Waals surface area contributed by atoms with Gasteiger partial charge >= 0.3 is 0 Å². The van der Waals surface area contributed by atoms with E-state index in [0.29, 0.717) is 26.2 Å². The first-order valence-electron chi connectivity index (χ1n) is 14.5. The van der Waals surface area contributed by atoms with Crippen LogP contribution < -0.4 is 4.90 Å². The van der Waals surface area contributed by atoms with Crippen LogP contribution in [0, 0.1) is 13.8 Å². The molecule has 238 valence electrons. The molecule has 3 aliphatic heterocycles. The second-order valence-corrected chi connectivity index (χ2v) is 12.5. The van der Waals surface area contributed by atoms with Crippen molar-refractivity contribution in [3.05, 3.63) is 53.6 Å². The maximum absolute atomic E-state index is 11.1. The van der Waals surface area contributed by atoms with Crippen LogP contribution in [0.5, 0.6) is 0 Å². The lowest BCUT2D eigenvalue weighted by Gasteiger charge is -2.49. The Morgan fingerprint density at radius 2 is 1.47 bits per heavy atom. The van der Waals surface area contributed by atoms with Crippen LogP contribution in [0.1, 0.15) is 11.1 Å². The van der Waals surface area contributed by atoms with Crippen LogP contribution in [0.2, 0.25) is 0 Å². The minimum absolute atomic E-state index is 0.521. The molecular formula is C30H42N2O10S. The molecule has 3 aliphatic rings. The zero-order valence-electron chi connectivity index (χ0n) is 24.2. The smallest absolute Gasteiger partial charge is 0.187 e. The number of piperazine rings is 1. The second kappa shape index (κ2) is 14.1. The molecule has 10 unspecified atom stereocenters. The lowest BCUT2D eigenvalue weighted by Crippen LogP contribution is -2.67. The normalized spacial score (nSPS) is 35.7. The number of hydrogen-bond acceptors (Lipinski definition) is 13. The Bertz CT molecular complexity index is 1210. The molecule has 10 atom stereocenters. The molecular weight excluding hydrogens is 580 g/mol. The summed E-state index contributed by atoms with van der Waals surface area (Å²) < 4.78 is 17.1. The molecule has 5 rings (SSSR count). The third kappa shape index (κ3) is 6.88. The molecule has 0 amide bonds. The largest absolute Gasteiger partial charge is 0.394 e. The molecule has 0 aromatic heterocycles. The average Bonchev–Trinajstić information content (AvgIpc) is 3.01. The van der Waals surface area contributed by atoms with Crippen LogP contribution in [0.25, 0.3) is 0 Å². The van der Waals surface area contributed by atoms with Crippen LogP contribution in [-0.4, -0.2) is 141 Å². The highest BCUT2D eigenvalue weighted by molar-refractivity contribution is 7.99. The summed E-state index contributed by atoms with van der Waals surface area (Å²) in [4.78, 5) is 6.53. The fourth-order valence-electron chi connectivity index (χ4n) is 5.93. The Morgan fingerprint density at radius 3 is 2.14 bits per heavy atom. The maximum Gasteiger partial charge on any atom is 0.187 e. The highest BCUT2D eigenvalue weighted by Gasteiger charge is 2.51. The Morgan fingerprint density at radius 1 is 0.767 bits per heavy atom. The van der Waals surface area contributed by atoms with Gasteiger partial charge in [-0.25, -0.2) is 0 Å². The third-order valence-electron chi connectivity index (χ3n) is 8.41. The fourth-order valence-corrected chi connectivity index (χ4v) is 6.97. The van der Waals surface area contributed by atoms with Gasteiger partial charge in [0.1, 0.15) is 55.1 Å². The lowest BCUT2D eigenvalue weighted by molar-refractivity contribution is -0.349. The molecule has 3 fully saturated rings. The highest BCUT2D eigenvalue weighted by atomic mass is 32.2. The zero-order chi connectivity index (χ0) is 30.8. The van der Waals surface area contributed by atoms with Gasteiger partial charge in [0.15, 0.2) is 6.29 Å². The predicted octanol–water partition coefficient (Wildman–Crippen LogP) is -0.799. The Balaban J connectivity index is 1.23. The van der Waals surface area contributed by atoms with E-state index in [0.717, 1.165) is 10.6 Å². The summed E-state index contributed by atoms with van der Waals surface area (Å²) in [5.41, 5.74) is 3.55. The molecule has 3 saturated heterocycles. The van der Waals surface area contributed by atoms with Gasteiger partial charge < -0.3 is 54.9 Å². The molecule has 2 aromatic rings. The van der Waals surface area contributed by atoms with Gasteiger partial charge in [-0.15, -0.1) is 0 Å². The third-order valence-corrected chi connectivity index (χ3v) is 9.65. The molecule has 0 radical (unpaired) electrons. The number of nitrogens with zero attached hydrogens (tertiary/aromatic N) is 2. The molecule has 7 N–H and O–H groups in total. The summed E-state index contributed by atoms with van der Waals surface area (Å²) in [6.45, 7) is 5.30. The second-order valence-electron chi connectivity index (χ2n) is 11.4. The highest BCUT2D eigenvalue weighted by Crippen LogP contribution is 2.38. The molecule has 0 bridgehead atoms. The zero-order valence-corrected chi connectivity index (χ0v) is 25.0. The van der Waals surface area contributed by atoms with Gasteiger partial charge in [-0.1, -0.05) is 41.6 Å². The van der Waals surface area contributed by atoms with E-state index in [4.69, 9.17) is 14.2 Å². The van der Waals surface area contributed by atoms with E-state index in [1.807, 2.05) is 17.0 Å². The lowest BCUT2D eigenvalue weighted by atomic mass is 9.96. The van der Waals surface area contributed by atoms with Gasteiger partial charge in [-0.05, 0) is 37.6 Å². The van der Waals surface area contributed by atoms with Crippen molar-refractivity contribution in [2.45, 2.75) is 85.0 Å². The average molecular weight is 623 g/mol. The minimum Gasteiger partial charge on any atom is -0.394 e. The summed E-state index contributed by atoms with van der Waals surface area (Å²) in [6.07, 6.45) is -14.0. The van der Waals surface area contributed by atoms with Crippen LogP contribution in [0.4, 0.5) is 5.69 Å². The minimum atomic E-state index is -1.71. The Kier molecular flexibility index (Phi) is 10.6. The standard InChI is InChI=1S/C30H42N2O10S/c1-16-7-8-21(17(2)13-16)43-22-6-4-3-5-18(22)31-9-11-32(12-10-31)29-26(38)25(37)28(20(15-34)40-29)42-30-27(39)24(36)23(35)19(14-33)41-30/h3-8,13,19-20,23-30,33-39H,9-12,14-15H2,1-2H3. The van der Waals surface area contributed by atoms with E-state index >= 15 is 0 Å². The van der Waals surface area contributed by atoms with Gasteiger partial charge in [0.25, 0.3) is 0 Å². The van der Waals surface area contributed by atoms with Gasteiger partial charge in [0, 0.05) is 36.0 Å². The summed E-state index contributed by atoms with van der Waals surface area (Å²) >= 11 is 1.73. The van der Waals surface area contributed by atoms with Crippen LogP contribution in [0.3, 0.4) is 0 Å². The predicted molar refractivity (Wildman–Crippen MR) is 157 cm³/mol. The van der Waals surface area contributed by atoms with Crippen molar-refractivity contribution in [2.75, 3.05) is 44.3 Å². The summed E-state index contributed by atoms with van der Waals surface area (Å²) in [7, 11) is 0. The molecule has 3 heterocycles. The fraction of sp³-hybridized carbons (Fsp3) is 0.600. The number of rotatable bonds is 8. The van der Waals surface area contributed by atoms with E-state index in [2.05, 4.69) is 49.1 Å². The molecule has 43 heavy (non-hydrogen) atoms. The molecule has 0 aliphatic carbocycles. The number of hydrogen-bond donors (Lipinski definition) is 7. The van der Waals surface area contributed by atoms with Crippen molar-refractivity contribution in [2.24, 2.45) is 0 Å². The number of para-hydroxylation sites is 1. The summed E-state index contributed by atoms with van der Waals surface area (Å²) in [6, 6.07) is 14.7. The maximum atomic E-state index is 11.1. The van der Waals surface area contributed by atoms with E-state index < -0.39 is 74.6 Å². The van der Waals surface area contributed by atoms with Crippen molar-refractivity contribution < 1.29 is 50.0 Å². The van der Waals surface area contributed by atoms with Crippen molar-refractivity contribution in [1.82, 2.24) is 4.90 Å². The van der Waals surface area contributed by atoms with Crippen molar-refractivity contribution in [3.8, 4) is 0 Å². The molecule has 2 aromatic carbocycles. The van der Waals surface area contributed by atoms with E-state index in [-0.39, 0.29) is 0 Å². The Hall–Kier alpha value is -1.85. The molecule has 0 saturated carbocycles. The number of aliphatic hydroxyl groups is 7. The quantitative estimate of drug-likeness (QED) is 0.195. The number of aryl methyl sites for hydroxylation is 2. The Labute approximate surface area is 255 Å². The van der Waals surface area contributed by atoms with Crippen molar-refractivity contribution in [3.63, 3.8) is 0 Å². The first-order chi connectivity index (χ1) is 20.6.